The molecule has 3 aromatic rings. The van der Waals surface area contributed by atoms with Crippen molar-refractivity contribution in [2.24, 2.45) is 0 Å². The Morgan fingerprint density at radius 1 is 0.882 bits per heavy atom. The number of rotatable bonds is 10. The van der Waals surface area contributed by atoms with Crippen molar-refractivity contribution in [1.29, 1.82) is 0 Å². The summed E-state index contributed by atoms with van der Waals surface area (Å²) in [6.07, 6.45) is 0.735. The molecule has 0 aliphatic rings. The molecular formula is C26H25FN2O5. The largest absolute Gasteiger partial charge is 0.497 e. The third-order valence-corrected chi connectivity index (χ3v) is 4.99. The summed E-state index contributed by atoms with van der Waals surface area (Å²) in [6.45, 7) is -0.559. The lowest BCUT2D eigenvalue weighted by atomic mass is 10.1. The lowest BCUT2D eigenvalue weighted by Gasteiger charge is -2.11. The Morgan fingerprint density at radius 2 is 1.59 bits per heavy atom. The maximum Gasteiger partial charge on any atom is 0.340 e. The van der Waals surface area contributed by atoms with Crippen molar-refractivity contribution >= 4 is 23.5 Å². The van der Waals surface area contributed by atoms with Gasteiger partial charge in [0.05, 0.1) is 18.4 Å². The van der Waals surface area contributed by atoms with Crippen LogP contribution in [0.2, 0.25) is 0 Å². The molecule has 0 fully saturated rings. The fraction of sp³-hybridized carbons (Fsp3) is 0.192. The maximum atomic E-state index is 13.6. The number of methoxy groups -OCH3 is 1. The van der Waals surface area contributed by atoms with Crippen LogP contribution in [0.1, 0.15) is 27.9 Å². The summed E-state index contributed by atoms with van der Waals surface area (Å²) in [5, 5.41) is 5.22. The van der Waals surface area contributed by atoms with Crippen molar-refractivity contribution in [3.63, 3.8) is 0 Å². The molecule has 0 saturated heterocycles. The second-order valence-corrected chi connectivity index (χ2v) is 7.39. The highest BCUT2D eigenvalue weighted by Crippen LogP contribution is 2.18. The lowest BCUT2D eigenvalue weighted by Crippen LogP contribution is -2.29. The van der Waals surface area contributed by atoms with Gasteiger partial charge in [0.25, 0.3) is 5.91 Å². The summed E-state index contributed by atoms with van der Waals surface area (Å²) < 4.78 is 23.8. The highest BCUT2D eigenvalue weighted by molar-refractivity contribution is 6.01. The van der Waals surface area contributed by atoms with Gasteiger partial charge in [0.2, 0.25) is 5.91 Å². The lowest BCUT2D eigenvalue weighted by molar-refractivity contribution is -0.124. The molecular weight excluding hydrogens is 439 g/mol. The van der Waals surface area contributed by atoms with Crippen LogP contribution in [0.5, 0.6) is 5.75 Å². The molecule has 7 nitrogen and oxygen atoms in total. The minimum atomic E-state index is -0.757. The Balaban J connectivity index is 1.50. The molecule has 0 atom stereocenters. The first kappa shape index (κ1) is 24.4. The average Bonchev–Trinajstić information content (AvgIpc) is 2.86. The van der Waals surface area contributed by atoms with Crippen molar-refractivity contribution in [3.05, 3.63) is 95.3 Å². The van der Waals surface area contributed by atoms with Crippen LogP contribution in [-0.4, -0.2) is 31.5 Å². The first-order valence-corrected chi connectivity index (χ1v) is 10.7. The molecule has 0 saturated carbocycles. The second kappa shape index (κ2) is 12.2. The molecule has 0 aliphatic heterocycles. The van der Waals surface area contributed by atoms with E-state index in [-0.39, 0.29) is 24.4 Å². The number of para-hydroxylation sites is 1. The molecule has 0 aromatic heterocycles. The van der Waals surface area contributed by atoms with E-state index in [1.54, 1.807) is 43.5 Å². The molecule has 0 unspecified atom stereocenters. The molecule has 0 bridgehead atoms. The Kier molecular flexibility index (Phi) is 8.73. The Bertz CT molecular complexity index is 1150. The number of carbonyl (C=O) groups is 3. The van der Waals surface area contributed by atoms with E-state index in [0.29, 0.717) is 17.7 Å². The van der Waals surface area contributed by atoms with Gasteiger partial charge in [-0.2, -0.15) is 0 Å². The SMILES string of the molecule is COc1ccc(CCC(=O)Nc2ccccc2C(=O)OCC(=O)NCc2ccccc2F)cc1. The van der Waals surface area contributed by atoms with Crippen LogP contribution >= 0.6 is 0 Å². The van der Waals surface area contributed by atoms with Crippen LogP contribution < -0.4 is 15.4 Å². The third-order valence-electron chi connectivity index (χ3n) is 4.99. The highest BCUT2D eigenvalue weighted by atomic mass is 19.1. The molecule has 34 heavy (non-hydrogen) atoms. The number of benzene rings is 3. The van der Waals surface area contributed by atoms with E-state index < -0.39 is 24.3 Å². The van der Waals surface area contributed by atoms with Gasteiger partial charge in [-0.05, 0) is 42.3 Å². The van der Waals surface area contributed by atoms with E-state index in [1.165, 1.54) is 12.1 Å². The number of hydrogen-bond donors (Lipinski definition) is 2. The van der Waals surface area contributed by atoms with E-state index in [0.717, 1.165) is 11.3 Å². The number of carbonyl (C=O) groups excluding carboxylic acids is 3. The van der Waals surface area contributed by atoms with Crippen molar-refractivity contribution in [1.82, 2.24) is 5.32 Å². The summed E-state index contributed by atoms with van der Waals surface area (Å²) in [7, 11) is 1.59. The van der Waals surface area contributed by atoms with Crippen molar-refractivity contribution < 1.29 is 28.2 Å². The zero-order chi connectivity index (χ0) is 24.3. The Labute approximate surface area is 196 Å². The van der Waals surface area contributed by atoms with Gasteiger partial charge < -0.3 is 20.1 Å². The van der Waals surface area contributed by atoms with Crippen LogP contribution in [-0.2, 0) is 27.3 Å². The molecule has 0 radical (unpaired) electrons. The fourth-order valence-electron chi connectivity index (χ4n) is 3.13. The molecule has 2 amide bonds. The molecule has 176 valence electrons. The fourth-order valence-corrected chi connectivity index (χ4v) is 3.13. The molecule has 2 N–H and O–H groups in total. The summed E-state index contributed by atoms with van der Waals surface area (Å²) in [4.78, 5) is 36.9. The van der Waals surface area contributed by atoms with Gasteiger partial charge in [0, 0.05) is 18.5 Å². The molecule has 0 heterocycles. The maximum absolute atomic E-state index is 13.6. The summed E-state index contributed by atoms with van der Waals surface area (Å²) >= 11 is 0. The van der Waals surface area contributed by atoms with Crippen molar-refractivity contribution in [2.45, 2.75) is 19.4 Å². The smallest absolute Gasteiger partial charge is 0.340 e. The molecule has 3 rings (SSSR count). The monoisotopic (exact) mass is 464 g/mol. The number of ether oxygens (including phenoxy) is 2. The van der Waals surface area contributed by atoms with Crippen LogP contribution in [0.3, 0.4) is 0 Å². The quantitative estimate of drug-likeness (QED) is 0.444. The van der Waals surface area contributed by atoms with Crippen molar-refractivity contribution in [2.75, 3.05) is 19.0 Å². The van der Waals surface area contributed by atoms with Crippen LogP contribution in [0.4, 0.5) is 10.1 Å². The van der Waals surface area contributed by atoms with Gasteiger partial charge in [0.1, 0.15) is 11.6 Å². The zero-order valence-corrected chi connectivity index (χ0v) is 18.7. The minimum absolute atomic E-state index is 0.0239. The van der Waals surface area contributed by atoms with Gasteiger partial charge in [0.15, 0.2) is 6.61 Å². The first-order valence-electron chi connectivity index (χ1n) is 10.7. The van der Waals surface area contributed by atoms with Crippen LogP contribution in [0.25, 0.3) is 0 Å². The predicted molar refractivity (Wildman–Crippen MR) is 125 cm³/mol. The predicted octanol–water partition coefficient (Wildman–Crippen LogP) is 3.88. The van der Waals surface area contributed by atoms with E-state index in [2.05, 4.69) is 10.6 Å². The second-order valence-electron chi connectivity index (χ2n) is 7.39. The zero-order valence-electron chi connectivity index (χ0n) is 18.7. The highest BCUT2D eigenvalue weighted by Gasteiger charge is 2.16. The summed E-state index contributed by atoms with van der Waals surface area (Å²) in [6, 6.07) is 19.9. The number of hydrogen-bond acceptors (Lipinski definition) is 5. The molecule has 8 heteroatoms. The van der Waals surface area contributed by atoms with E-state index in [9.17, 15) is 18.8 Å². The van der Waals surface area contributed by atoms with Gasteiger partial charge in [-0.3, -0.25) is 9.59 Å². The van der Waals surface area contributed by atoms with Crippen LogP contribution in [0, 0.1) is 5.82 Å². The number of aryl methyl sites for hydroxylation is 1. The Hall–Kier alpha value is -4.20. The number of anilines is 1. The number of amides is 2. The van der Waals surface area contributed by atoms with E-state index in [1.807, 2.05) is 24.3 Å². The summed E-state index contributed by atoms with van der Waals surface area (Å²) in [5.41, 5.74) is 1.72. The van der Waals surface area contributed by atoms with Gasteiger partial charge in [-0.25, -0.2) is 9.18 Å². The van der Waals surface area contributed by atoms with Crippen molar-refractivity contribution in [3.8, 4) is 5.75 Å². The third kappa shape index (κ3) is 7.16. The molecule has 0 spiro atoms. The van der Waals surface area contributed by atoms with E-state index >= 15 is 0 Å². The van der Waals surface area contributed by atoms with Crippen LogP contribution in [0.15, 0.2) is 72.8 Å². The number of halogens is 1. The minimum Gasteiger partial charge on any atom is -0.497 e. The molecule has 3 aromatic carbocycles. The van der Waals surface area contributed by atoms with E-state index in [4.69, 9.17) is 9.47 Å². The van der Waals surface area contributed by atoms with Gasteiger partial charge in [-0.15, -0.1) is 0 Å². The molecule has 0 aliphatic carbocycles. The topological polar surface area (TPSA) is 93.7 Å². The number of nitrogens with one attached hydrogen (secondary N) is 2. The standard InChI is InChI=1S/C26H25FN2O5/c1-33-20-13-10-18(11-14-20)12-15-24(30)29-23-9-5-3-7-21(23)26(32)34-17-25(31)28-16-19-6-2-4-8-22(19)27/h2-11,13-14H,12,15-17H2,1H3,(H,28,31)(H,29,30). The van der Waals surface area contributed by atoms with Gasteiger partial charge in [-0.1, -0.05) is 42.5 Å². The normalized spacial score (nSPS) is 10.3. The average molecular weight is 464 g/mol. The summed E-state index contributed by atoms with van der Waals surface area (Å²) in [5.74, 6) is -1.29. The first-order chi connectivity index (χ1) is 16.5. The van der Waals surface area contributed by atoms with Gasteiger partial charge >= 0.3 is 5.97 Å². The number of esters is 1. The Morgan fingerprint density at radius 3 is 2.32 bits per heavy atom.